The highest BCUT2D eigenvalue weighted by molar-refractivity contribution is 6.30. The molecule has 0 spiro atoms. The topological polar surface area (TPSA) is 96.4 Å². The zero-order chi connectivity index (χ0) is 18.0. The first kappa shape index (κ1) is 17.4. The van der Waals surface area contributed by atoms with Crippen LogP contribution in [0.4, 0.5) is 10.2 Å². The zero-order valence-electron chi connectivity index (χ0n) is 13.0. The Morgan fingerprint density at radius 2 is 2.28 bits per heavy atom. The Hall–Kier alpha value is -2.45. The number of hydrogen-bond donors (Lipinski definition) is 1. The zero-order valence-corrected chi connectivity index (χ0v) is 13.8. The van der Waals surface area contributed by atoms with Crippen molar-refractivity contribution < 1.29 is 18.7 Å². The molecule has 0 aliphatic carbocycles. The minimum absolute atomic E-state index is 0.0154. The molecule has 2 atom stereocenters. The fourth-order valence-corrected chi connectivity index (χ4v) is 2.74. The van der Waals surface area contributed by atoms with Crippen molar-refractivity contribution in [2.75, 3.05) is 12.3 Å². The quantitative estimate of drug-likeness (QED) is 0.832. The first-order valence-corrected chi connectivity index (χ1v) is 7.94. The largest absolute Gasteiger partial charge is 0.459 e. The van der Waals surface area contributed by atoms with Gasteiger partial charge in [-0.05, 0) is 31.0 Å². The Bertz CT molecular complexity index is 858. The SMILES string of the molecule is Nc1nc(=O)n([C@H]2CC[C@@H](COC(=O)c3cccc(Cl)c3)O2)cc1F. The molecule has 1 fully saturated rings. The monoisotopic (exact) mass is 367 g/mol. The average Bonchev–Trinajstić information content (AvgIpc) is 3.04. The standard InChI is InChI=1S/C16H15ClFN3O4/c17-10-3-1-2-9(6-10)15(22)24-8-11-4-5-13(25-11)21-7-12(18)14(19)20-16(21)23/h1-3,6-7,11,13H,4-5,8H2,(H2,19,20,23)/t11-,13+/m0/s1. The van der Waals surface area contributed by atoms with Crippen LogP contribution in [0.15, 0.2) is 35.3 Å². The highest BCUT2D eigenvalue weighted by atomic mass is 35.5. The number of anilines is 1. The fraction of sp³-hybridized carbons (Fsp3) is 0.312. The molecule has 0 radical (unpaired) electrons. The van der Waals surface area contributed by atoms with Crippen molar-refractivity contribution >= 4 is 23.4 Å². The number of nitrogens with two attached hydrogens (primary N) is 1. The summed E-state index contributed by atoms with van der Waals surface area (Å²) in [5.74, 6) is -1.77. The lowest BCUT2D eigenvalue weighted by atomic mass is 10.2. The van der Waals surface area contributed by atoms with E-state index in [1.54, 1.807) is 18.2 Å². The molecule has 2 aromatic rings. The molecule has 0 saturated carbocycles. The van der Waals surface area contributed by atoms with E-state index in [1.807, 2.05) is 0 Å². The number of benzene rings is 1. The Kier molecular flexibility index (Phi) is 5.00. The van der Waals surface area contributed by atoms with Crippen molar-refractivity contribution in [3.05, 3.63) is 57.3 Å². The van der Waals surface area contributed by atoms with Crippen LogP contribution in [-0.2, 0) is 9.47 Å². The summed E-state index contributed by atoms with van der Waals surface area (Å²) in [6.07, 6.45) is 0.900. The van der Waals surface area contributed by atoms with E-state index in [0.29, 0.717) is 23.4 Å². The van der Waals surface area contributed by atoms with Crippen molar-refractivity contribution in [1.29, 1.82) is 0 Å². The van der Waals surface area contributed by atoms with Gasteiger partial charge in [-0.3, -0.25) is 4.57 Å². The third kappa shape index (κ3) is 3.97. The highest BCUT2D eigenvalue weighted by Gasteiger charge is 2.29. The molecule has 0 bridgehead atoms. The fourth-order valence-electron chi connectivity index (χ4n) is 2.55. The molecular weight excluding hydrogens is 353 g/mol. The summed E-state index contributed by atoms with van der Waals surface area (Å²) in [4.78, 5) is 27.2. The number of nitrogen functional groups attached to an aromatic ring is 1. The minimum atomic E-state index is -0.793. The maximum absolute atomic E-state index is 13.5. The van der Waals surface area contributed by atoms with Gasteiger partial charge in [0.2, 0.25) is 0 Å². The van der Waals surface area contributed by atoms with Crippen LogP contribution >= 0.6 is 11.6 Å². The number of aromatic nitrogens is 2. The molecule has 1 aromatic heterocycles. The van der Waals surface area contributed by atoms with E-state index >= 15 is 0 Å². The first-order valence-electron chi connectivity index (χ1n) is 7.56. The molecular formula is C16H15ClFN3O4. The van der Waals surface area contributed by atoms with Crippen LogP contribution in [0.2, 0.25) is 5.02 Å². The van der Waals surface area contributed by atoms with E-state index in [1.165, 1.54) is 6.07 Å². The van der Waals surface area contributed by atoms with Crippen LogP contribution in [0.25, 0.3) is 0 Å². The maximum Gasteiger partial charge on any atom is 0.351 e. The van der Waals surface area contributed by atoms with Crippen LogP contribution in [0.1, 0.15) is 29.4 Å². The molecule has 7 nitrogen and oxygen atoms in total. The van der Waals surface area contributed by atoms with E-state index in [9.17, 15) is 14.0 Å². The Balaban J connectivity index is 1.59. The summed E-state index contributed by atoms with van der Waals surface area (Å²) < 4.78 is 25.4. The molecule has 1 saturated heterocycles. The van der Waals surface area contributed by atoms with Gasteiger partial charge in [-0.25, -0.2) is 14.0 Å². The van der Waals surface area contributed by atoms with Crippen LogP contribution in [-0.4, -0.2) is 28.2 Å². The van der Waals surface area contributed by atoms with Gasteiger partial charge in [-0.2, -0.15) is 4.98 Å². The predicted octanol–water partition coefficient (Wildman–Crippen LogP) is 2.15. The lowest BCUT2D eigenvalue weighted by Crippen LogP contribution is -2.29. The molecule has 1 aliphatic heterocycles. The van der Waals surface area contributed by atoms with E-state index in [4.69, 9.17) is 26.8 Å². The van der Waals surface area contributed by atoms with Gasteiger partial charge in [0, 0.05) is 5.02 Å². The average molecular weight is 368 g/mol. The summed E-state index contributed by atoms with van der Waals surface area (Å²) in [6.45, 7) is 0.0154. The van der Waals surface area contributed by atoms with Gasteiger partial charge >= 0.3 is 11.7 Å². The molecule has 2 N–H and O–H groups in total. The second-order valence-electron chi connectivity index (χ2n) is 5.56. The second-order valence-corrected chi connectivity index (χ2v) is 6.00. The van der Waals surface area contributed by atoms with Gasteiger partial charge in [-0.15, -0.1) is 0 Å². The van der Waals surface area contributed by atoms with E-state index in [-0.39, 0.29) is 6.61 Å². The molecule has 25 heavy (non-hydrogen) atoms. The Labute approximate surface area is 147 Å². The minimum Gasteiger partial charge on any atom is -0.459 e. The summed E-state index contributed by atoms with van der Waals surface area (Å²) >= 11 is 5.83. The van der Waals surface area contributed by atoms with Gasteiger partial charge in [-0.1, -0.05) is 17.7 Å². The van der Waals surface area contributed by atoms with Crippen molar-refractivity contribution in [2.45, 2.75) is 25.2 Å². The third-order valence-corrected chi connectivity index (χ3v) is 4.03. The third-order valence-electron chi connectivity index (χ3n) is 3.79. The summed E-state index contributed by atoms with van der Waals surface area (Å²) in [6, 6.07) is 6.40. The molecule has 132 valence electrons. The van der Waals surface area contributed by atoms with Gasteiger partial charge in [0.15, 0.2) is 11.6 Å². The number of halogens is 2. The lowest BCUT2D eigenvalue weighted by molar-refractivity contribution is -0.0342. The summed E-state index contributed by atoms with van der Waals surface area (Å²) in [5.41, 5.74) is 4.90. The van der Waals surface area contributed by atoms with E-state index in [0.717, 1.165) is 10.8 Å². The number of hydrogen-bond acceptors (Lipinski definition) is 6. The molecule has 0 amide bonds. The first-order chi connectivity index (χ1) is 11.9. The van der Waals surface area contributed by atoms with Gasteiger partial charge < -0.3 is 15.2 Å². The molecule has 2 heterocycles. The summed E-state index contributed by atoms with van der Waals surface area (Å²) in [5, 5.41) is 0.434. The van der Waals surface area contributed by atoms with Crippen molar-refractivity contribution in [3.63, 3.8) is 0 Å². The van der Waals surface area contributed by atoms with Crippen LogP contribution in [0, 0.1) is 5.82 Å². The Morgan fingerprint density at radius 1 is 1.48 bits per heavy atom. The molecule has 1 aromatic carbocycles. The van der Waals surface area contributed by atoms with Gasteiger partial charge in [0.25, 0.3) is 0 Å². The smallest absolute Gasteiger partial charge is 0.351 e. The number of carbonyl (C=O) groups is 1. The number of carbonyl (C=O) groups excluding carboxylic acids is 1. The maximum atomic E-state index is 13.5. The normalized spacial score (nSPS) is 19.8. The predicted molar refractivity (Wildman–Crippen MR) is 87.7 cm³/mol. The number of esters is 1. The summed E-state index contributed by atoms with van der Waals surface area (Å²) in [7, 11) is 0. The van der Waals surface area contributed by atoms with Crippen molar-refractivity contribution in [1.82, 2.24) is 9.55 Å². The second kappa shape index (κ2) is 7.20. The van der Waals surface area contributed by atoms with E-state index in [2.05, 4.69) is 4.98 Å². The van der Waals surface area contributed by atoms with Crippen LogP contribution in [0.3, 0.4) is 0 Å². The Morgan fingerprint density at radius 3 is 3.04 bits per heavy atom. The van der Waals surface area contributed by atoms with Gasteiger partial charge in [0.05, 0.1) is 17.9 Å². The van der Waals surface area contributed by atoms with Crippen LogP contribution < -0.4 is 11.4 Å². The number of nitrogens with zero attached hydrogens (tertiary/aromatic N) is 2. The highest BCUT2D eigenvalue weighted by Crippen LogP contribution is 2.27. The number of ether oxygens (including phenoxy) is 2. The van der Waals surface area contributed by atoms with Crippen LogP contribution in [0.5, 0.6) is 0 Å². The molecule has 3 rings (SSSR count). The van der Waals surface area contributed by atoms with E-state index < -0.39 is 35.6 Å². The molecule has 0 unspecified atom stereocenters. The van der Waals surface area contributed by atoms with Crippen molar-refractivity contribution in [2.24, 2.45) is 0 Å². The molecule has 1 aliphatic rings. The van der Waals surface area contributed by atoms with Gasteiger partial charge in [0.1, 0.15) is 12.8 Å². The molecule has 9 heteroatoms. The lowest BCUT2D eigenvalue weighted by Gasteiger charge is -2.16. The van der Waals surface area contributed by atoms with Crippen molar-refractivity contribution in [3.8, 4) is 0 Å². The number of rotatable bonds is 4.